The molecule has 3 nitrogen and oxygen atoms in total. The lowest BCUT2D eigenvalue weighted by Crippen LogP contribution is -2.21. The van der Waals surface area contributed by atoms with Crippen LogP contribution in [0.2, 0.25) is 5.02 Å². The van der Waals surface area contributed by atoms with Crippen LogP contribution in [0, 0.1) is 6.92 Å². The number of aliphatic hydroxyl groups excluding tert-OH is 2. The fraction of sp³-hybridized carbons (Fsp3) is 0.400. The highest BCUT2D eigenvalue weighted by atomic mass is 35.5. The Kier molecular flexibility index (Phi) is 4.20. The minimum atomic E-state index is -0.842. The predicted molar refractivity (Wildman–Crippen MR) is 54.8 cm³/mol. The van der Waals surface area contributed by atoms with Gasteiger partial charge in [0.15, 0.2) is 0 Å². The van der Waals surface area contributed by atoms with E-state index in [2.05, 4.69) is 0 Å². The lowest BCUT2D eigenvalue weighted by atomic mass is 10.2. The standard InChI is InChI=1S/C10H13ClO3/c1-7-4-9(2-3-10(7)11)14-6-8(13)5-12/h2-4,8,12-13H,5-6H2,1H3/t8-/m1/s1. The van der Waals surface area contributed by atoms with Gasteiger partial charge in [-0.2, -0.15) is 0 Å². The molecule has 0 radical (unpaired) electrons. The van der Waals surface area contributed by atoms with E-state index in [4.69, 9.17) is 26.6 Å². The first-order valence-electron chi connectivity index (χ1n) is 4.31. The fourth-order valence-electron chi connectivity index (χ4n) is 0.952. The number of benzene rings is 1. The lowest BCUT2D eigenvalue weighted by molar-refractivity contribution is 0.0536. The molecule has 14 heavy (non-hydrogen) atoms. The first kappa shape index (κ1) is 11.3. The molecule has 2 N–H and O–H groups in total. The summed E-state index contributed by atoms with van der Waals surface area (Å²) in [6.07, 6.45) is -0.842. The Morgan fingerprint density at radius 1 is 1.50 bits per heavy atom. The third kappa shape index (κ3) is 3.18. The Morgan fingerprint density at radius 3 is 2.79 bits per heavy atom. The first-order valence-corrected chi connectivity index (χ1v) is 4.69. The molecule has 0 aliphatic carbocycles. The van der Waals surface area contributed by atoms with Crippen LogP contribution < -0.4 is 4.74 Å². The van der Waals surface area contributed by atoms with Gasteiger partial charge in [0, 0.05) is 5.02 Å². The molecule has 0 aromatic heterocycles. The van der Waals surface area contributed by atoms with E-state index in [1.807, 2.05) is 6.92 Å². The van der Waals surface area contributed by atoms with Gasteiger partial charge in [-0.15, -0.1) is 0 Å². The summed E-state index contributed by atoms with van der Waals surface area (Å²) in [6.45, 7) is 1.65. The van der Waals surface area contributed by atoms with Gasteiger partial charge in [-0.1, -0.05) is 11.6 Å². The Labute approximate surface area is 87.9 Å². The number of halogens is 1. The Bertz CT molecular complexity index is 301. The Hall–Kier alpha value is -0.770. The van der Waals surface area contributed by atoms with Crippen molar-refractivity contribution in [2.75, 3.05) is 13.2 Å². The molecule has 0 spiro atoms. The summed E-state index contributed by atoms with van der Waals surface area (Å²) in [5.74, 6) is 0.638. The molecule has 0 fully saturated rings. The van der Waals surface area contributed by atoms with Gasteiger partial charge in [0.25, 0.3) is 0 Å². The predicted octanol–water partition coefficient (Wildman–Crippen LogP) is 1.38. The van der Waals surface area contributed by atoms with Crippen LogP contribution in [-0.4, -0.2) is 29.5 Å². The van der Waals surface area contributed by atoms with Crippen molar-refractivity contribution in [1.29, 1.82) is 0 Å². The summed E-state index contributed by atoms with van der Waals surface area (Å²) in [5.41, 5.74) is 0.919. The van der Waals surface area contributed by atoms with Crippen molar-refractivity contribution in [2.24, 2.45) is 0 Å². The smallest absolute Gasteiger partial charge is 0.119 e. The SMILES string of the molecule is Cc1cc(OC[C@H](O)CO)ccc1Cl. The quantitative estimate of drug-likeness (QED) is 0.800. The van der Waals surface area contributed by atoms with Crippen molar-refractivity contribution in [3.63, 3.8) is 0 Å². The van der Waals surface area contributed by atoms with Crippen LogP contribution in [0.3, 0.4) is 0 Å². The van der Waals surface area contributed by atoms with Crippen molar-refractivity contribution in [3.8, 4) is 5.75 Å². The number of ether oxygens (including phenoxy) is 1. The second-order valence-corrected chi connectivity index (χ2v) is 3.47. The zero-order chi connectivity index (χ0) is 10.6. The molecule has 0 aliphatic heterocycles. The summed E-state index contributed by atoms with van der Waals surface area (Å²) in [5, 5.41) is 18.3. The molecular formula is C10H13ClO3. The van der Waals surface area contributed by atoms with Gasteiger partial charge in [0.2, 0.25) is 0 Å². The van der Waals surface area contributed by atoms with Crippen molar-refractivity contribution in [1.82, 2.24) is 0 Å². The van der Waals surface area contributed by atoms with E-state index in [-0.39, 0.29) is 13.2 Å². The monoisotopic (exact) mass is 216 g/mol. The molecule has 0 heterocycles. The number of rotatable bonds is 4. The van der Waals surface area contributed by atoms with Crippen LogP contribution >= 0.6 is 11.6 Å². The average Bonchev–Trinajstić information content (AvgIpc) is 2.19. The molecule has 1 aromatic carbocycles. The maximum absolute atomic E-state index is 9.04. The molecule has 1 rings (SSSR count). The number of hydrogen-bond donors (Lipinski definition) is 2. The summed E-state index contributed by atoms with van der Waals surface area (Å²) in [4.78, 5) is 0. The minimum absolute atomic E-state index is 0.0809. The van der Waals surface area contributed by atoms with Crippen molar-refractivity contribution in [2.45, 2.75) is 13.0 Å². The topological polar surface area (TPSA) is 49.7 Å². The van der Waals surface area contributed by atoms with Crippen molar-refractivity contribution >= 4 is 11.6 Å². The summed E-state index contributed by atoms with van der Waals surface area (Å²) in [6, 6.07) is 5.24. The van der Waals surface area contributed by atoms with Gasteiger partial charge >= 0.3 is 0 Å². The molecule has 0 aliphatic rings. The van der Waals surface area contributed by atoms with Gasteiger partial charge < -0.3 is 14.9 Å². The summed E-state index contributed by atoms with van der Waals surface area (Å²) in [7, 11) is 0. The van der Waals surface area contributed by atoms with Crippen LogP contribution in [0.15, 0.2) is 18.2 Å². The molecule has 0 saturated carbocycles. The van der Waals surface area contributed by atoms with E-state index < -0.39 is 6.10 Å². The number of hydrogen-bond acceptors (Lipinski definition) is 3. The number of aryl methyl sites for hydroxylation is 1. The van der Waals surface area contributed by atoms with Crippen molar-refractivity contribution < 1.29 is 14.9 Å². The first-order chi connectivity index (χ1) is 6.63. The van der Waals surface area contributed by atoms with E-state index in [0.717, 1.165) is 5.56 Å². The third-order valence-electron chi connectivity index (χ3n) is 1.78. The van der Waals surface area contributed by atoms with E-state index >= 15 is 0 Å². The molecule has 78 valence electrons. The maximum Gasteiger partial charge on any atom is 0.119 e. The van der Waals surface area contributed by atoms with Gasteiger partial charge in [-0.05, 0) is 30.7 Å². The maximum atomic E-state index is 9.04. The molecule has 0 unspecified atom stereocenters. The summed E-state index contributed by atoms with van der Waals surface area (Å²) >= 11 is 5.83. The minimum Gasteiger partial charge on any atom is -0.491 e. The van der Waals surface area contributed by atoms with Gasteiger partial charge in [-0.3, -0.25) is 0 Å². The molecule has 4 heteroatoms. The van der Waals surface area contributed by atoms with Crippen LogP contribution in [0.5, 0.6) is 5.75 Å². The second-order valence-electron chi connectivity index (χ2n) is 3.06. The van der Waals surface area contributed by atoms with Crippen LogP contribution in [0.4, 0.5) is 0 Å². The van der Waals surface area contributed by atoms with Gasteiger partial charge in [0.05, 0.1) is 6.61 Å². The van der Waals surface area contributed by atoms with E-state index in [9.17, 15) is 0 Å². The Balaban J connectivity index is 2.55. The molecule has 1 atom stereocenters. The Morgan fingerprint density at radius 2 is 2.21 bits per heavy atom. The van der Waals surface area contributed by atoms with E-state index in [0.29, 0.717) is 10.8 Å². The van der Waals surface area contributed by atoms with Crippen molar-refractivity contribution in [3.05, 3.63) is 28.8 Å². The molecule has 1 aromatic rings. The number of aliphatic hydroxyl groups is 2. The highest BCUT2D eigenvalue weighted by molar-refractivity contribution is 6.31. The molecular weight excluding hydrogens is 204 g/mol. The third-order valence-corrected chi connectivity index (χ3v) is 2.21. The second kappa shape index (κ2) is 5.20. The average molecular weight is 217 g/mol. The normalized spacial score (nSPS) is 12.6. The lowest BCUT2D eigenvalue weighted by Gasteiger charge is -2.10. The largest absolute Gasteiger partial charge is 0.491 e. The zero-order valence-electron chi connectivity index (χ0n) is 7.90. The van der Waals surface area contributed by atoms with Gasteiger partial charge in [-0.25, -0.2) is 0 Å². The highest BCUT2D eigenvalue weighted by Gasteiger charge is 2.03. The molecule has 0 saturated heterocycles. The van der Waals surface area contributed by atoms with Crippen LogP contribution in [0.25, 0.3) is 0 Å². The van der Waals surface area contributed by atoms with Crippen LogP contribution in [0.1, 0.15) is 5.56 Å². The highest BCUT2D eigenvalue weighted by Crippen LogP contribution is 2.20. The van der Waals surface area contributed by atoms with E-state index in [1.165, 1.54) is 0 Å². The van der Waals surface area contributed by atoms with Crippen LogP contribution in [-0.2, 0) is 0 Å². The van der Waals surface area contributed by atoms with E-state index in [1.54, 1.807) is 18.2 Å². The zero-order valence-corrected chi connectivity index (χ0v) is 8.66. The molecule has 0 amide bonds. The fourth-order valence-corrected chi connectivity index (χ4v) is 1.07. The van der Waals surface area contributed by atoms with Gasteiger partial charge in [0.1, 0.15) is 18.5 Å². The summed E-state index contributed by atoms with van der Waals surface area (Å²) < 4.78 is 5.23. The molecule has 0 bridgehead atoms.